The number of ether oxygens (including phenoxy) is 2. The van der Waals surface area contributed by atoms with Gasteiger partial charge >= 0.3 is 0 Å². The van der Waals surface area contributed by atoms with Crippen LogP contribution in [0.5, 0.6) is 11.5 Å². The lowest BCUT2D eigenvalue weighted by Gasteiger charge is -2.48. The van der Waals surface area contributed by atoms with Crippen LogP contribution in [0.2, 0.25) is 0 Å². The molecule has 0 aliphatic carbocycles. The predicted octanol–water partition coefficient (Wildman–Crippen LogP) is 2.66. The number of carbonyl (C=O) groups is 2. The summed E-state index contributed by atoms with van der Waals surface area (Å²) in [5.41, 5.74) is 2.32. The molecular weight excluding hydrogens is 408 g/mol. The Morgan fingerprint density at radius 2 is 1.94 bits per heavy atom. The van der Waals surface area contributed by atoms with E-state index in [1.165, 1.54) is 11.2 Å². The lowest BCUT2D eigenvalue weighted by atomic mass is 9.83. The molecule has 1 fully saturated rings. The molecule has 2 aromatic carbocycles. The number of rotatable bonds is 4. The number of para-hydroxylation sites is 1. The first kappa shape index (κ1) is 20.1. The van der Waals surface area contributed by atoms with Gasteiger partial charge in [-0.2, -0.15) is 5.10 Å². The van der Waals surface area contributed by atoms with Gasteiger partial charge in [-0.3, -0.25) is 9.59 Å². The van der Waals surface area contributed by atoms with Crippen LogP contribution in [-0.4, -0.2) is 60.2 Å². The zero-order valence-corrected chi connectivity index (χ0v) is 18.2. The third-order valence-electron chi connectivity index (χ3n) is 6.44. The summed E-state index contributed by atoms with van der Waals surface area (Å²) in [5.74, 6) is 0.851. The maximum atomic E-state index is 13.7. The number of carbonyl (C=O) groups excluding carboxylic acids is 2. The van der Waals surface area contributed by atoms with Crippen molar-refractivity contribution < 1.29 is 19.1 Å². The number of nitrogens with zero attached hydrogens (tertiary/aromatic N) is 3. The number of benzene rings is 2. The second-order valence-electron chi connectivity index (χ2n) is 8.11. The van der Waals surface area contributed by atoms with Gasteiger partial charge in [-0.25, -0.2) is 5.01 Å². The molecule has 32 heavy (non-hydrogen) atoms. The Labute approximate surface area is 185 Å². The van der Waals surface area contributed by atoms with E-state index in [0.29, 0.717) is 30.0 Å². The number of aromatic amines is 1. The van der Waals surface area contributed by atoms with E-state index < -0.39 is 5.54 Å². The van der Waals surface area contributed by atoms with Crippen LogP contribution in [0.3, 0.4) is 0 Å². The van der Waals surface area contributed by atoms with Gasteiger partial charge in [-0.1, -0.05) is 18.2 Å². The number of fused-ring (bicyclic) bond motifs is 5. The van der Waals surface area contributed by atoms with Crippen molar-refractivity contribution in [2.24, 2.45) is 5.10 Å². The SMILES string of the molecule is COc1ccc(OC)c(C=NN2CC(=O)N3CCc4c([nH]c5ccccc45)[C@]3(C)C2=O)c1. The zero-order valence-electron chi connectivity index (χ0n) is 18.2. The number of hydrazone groups is 1. The normalized spacial score (nSPS) is 20.6. The summed E-state index contributed by atoms with van der Waals surface area (Å²) in [6, 6.07) is 13.3. The Morgan fingerprint density at radius 1 is 1.12 bits per heavy atom. The van der Waals surface area contributed by atoms with Crippen molar-refractivity contribution in [1.29, 1.82) is 0 Å². The average Bonchev–Trinajstić information content (AvgIpc) is 3.20. The van der Waals surface area contributed by atoms with Crippen LogP contribution >= 0.6 is 0 Å². The third-order valence-corrected chi connectivity index (χ3v) is 6.44. The van der Waals surface area contributed by atoms with Crippen LogP contribution in [0.4, 0.5) is 0 Å². The molecular formula is C24H24N4O4. The first-order chi connectivity index (χ1) is 15.5. The Morgan fingerprint density at radius 3 is 2.72 bits per heavy atom. The molecule has 164 valence electrons. The van der Waals surface area contributed by atoms with Crippen molar-refractivity contribution in [2.75, 3.05) is 27.3 Å². The van der Waals surface area contributed by atoms with Gasteiger partial charge in [0.05, 0.1) is 26.1 Å². The van der Waals surface area contributed by atoms with Crippen molar-refractivity contribution in [3.63, 3.8) is 0 Å². The van der Waals surface area contributed by atoms with Gasteiger partial charge in [0, 0.05) is 23.0 Å². The van der Waals surface area contributed by atoms with Crippen molar-refractivity contribution in [3.8, 4) is 11.5 Å². The molecule has 0 saturated carbocycles. The summed E-state index contributed by atoms with van der Waals surface area (Å²) in [7, 11) is 3.14. The van der Waals surface area contributed by atoms with Crippen LogP contribution in [0.25, 0.3) is 10.9 Å². The Hall–Kier alpha value is -3.81. The number of hydrogen-bond donors (Lipinski definition) is 1. The highest BCUT2D eigenvalue weighted by Gasteiger charge is 2.54. The molecule has 0 bridgehead atoms. The summed E-state index contributed by atoms with van der Waals surface area (Å²) in [5, 5.41) is 6.73. The summed E-state index contributed by atoms with van der Waals surface area (Å²) in [4.78, 5) is 31.8. The molecule has 2 amide bonds. The molecule has 5 rings (SSSR count). The molecule has 0 radical (unpaired) electrons. The number of methoxy groups -OCH3 is 2. The molecule has 3 heterocycles. The average molecular weight is 432 g/mol. The van der Waals surface area contributed by atoms with E-state index in [9.17, 15) is 9.59 Å². The number of amides is 2. The van der Waals surface area contributed by atoms with Crippen molar-refractivity contribution in [2.45, 2.75) is 18.9 Å². The van der Waals surface area contributed by atoms with Crippen molar-refractivity contribution in [3.05, 3.63) is 59.3 Å². The highest BCUT2D eigenvalue weighted by atomic mass is 16.5. The number of hydrogen-bond acceptors (Lipinski definition) is 5. The third kappa shape index (κ3) is 2.86. The lowest BCUT2D eigenvalue weighted by Crippen LogP contribution is -2.65. The lowest BCUT2D eigenvalue weighted by molar-refractivity contribution is -0.165. The number of nitrogens with one attached hydrogen (secondary N) is 1. The van der Waals surface area contributed by atoms with Crippen molar-refractivity contribution in [1.82, 2.24) is 14.9 Å². The Balaban J connectivity index is 1.55. The molecule has 1 aromatic heterocycles. The predicted molar refractivity (Wildman–Crippen MR) is 120 cm³/mol. The Kier molecular flexibility index (Phi) is 4.65. The summed E-state index contributed by atoms with van der Waals surface area (Å²) < 4.78 is 10.7. The zero-order chi connectivity index (χ0) is 22.5. The minimum absolute atomic E-state index is 0.104. The molecule has 1 saturated heterocycles. The van der Waals surface area contributed by atoms with E-state index in [1.54, 1.807) is 44.2 Å². The van der Waals surface area contributed by atoms with Gasteiger partial charge < -0.3 is 19.4 Å². The second kappa shape index (κ2) is 7.40. The first-order valence-corrected chi connectivity index (χ1v) is 10.5. The van der Waals surface area contributed by atoms with Gasteiger partial charge in [0.15, 0.2) is 5.54 Å². The Bertz CT molecular complexity index is 1260. The molecule has 2 aliphatic heterocycles. The summed E-state index contributed by atoms with van der Waals surface area (Å²) in [6.07, 6.45) is 2.23. The van der Waals surface area contributed by atoms with Gasteiger partial charge in [-0.15, -0.1) is 0 Å². The topological polar surface area (TPSA) is 87.2 Å². The fraction of sp³-hybridized carbons (Fsp3) is 0.292. The van der Waals surface area contributed by atoms with Crippen LogP contribution in [-0.2, 0) is 21.5 Å². The van der Waals surface area contributed by atoms with Crippen molar-refractivity contribution >= 4 is 28.9 Å². The van der Waals surface area contributed by atoms with E-state index in [4.69, 9.17) is 9.47 Å². The maximum Gasteiger partial charge on any atom is 0.275 e. The first-order valence-electron chi connectivity index (χ1n) is 10.5. The molecule has 1 atom stereocenters. The van der Waals surface area contributed by atoms with E-state index in [2.05, 4.69) is 10.1 Å². The second-order valence-corrected chi connectivity index (χ2v) is 8.11. The van der Waals surface area contributed by atoms with Crippen LogP contribution in [0, 0.1) is 0 Å². The minimum atomic E-state index is -1.14. The molecule has 1 N–H and O–H groups in total. The van der Waals surface area contributed by atoms with Crippen LogP contribution < -0.4 is 9.47 Å². The monoisotopic (exact) mass is 432 g/mol. The summed E-state index contributed by atoms with van der Waals surface area (Å²) in [6.45, 7) is 2.19. The van der Waals surface area contributed by atoms with Gasteiger partial charge in [-0.05, 0) is 43.2 Å². The largest absolute Gasteiger partial charge is 0.497 e. The van der Waals surface area contributed by atoms with E-state index in [0.717, 1.165) is 22.2 Å². The number of aromatic nitrogens is 1. The van der Waals surface area contributed by atoms with Gasteiger partial charge in [0.1, 0.15) is 18.0 Å². The van der Waals surface area contributed by atoms with Gasteiger partial charge in [0.25, 0.3) is 5.91 Å². The molecule has 8 heteroatoms. The van der Waals surface area contributed by atoms with Crippen LogP contribution in [0.15, 0.2) is 47.6 Å². The number of piperazine rings is 1. The molecule has 0 spiro atoms. The van der Waals surface area contributed by atoms with E-state index >= 15 is 0 Å². The molecule has 2 aliphatic rings. The maximum absolute atomic E-state index is 13.7. The highest BCUT2D eigenvalue weighted by Crippen LogP contribution is 2.42. The molecule has 0 unspecified atom stereocenters. The fourth-order valence-corrected chi connectivity index (χ4v) is 4.76. The highest BCUT2D eigenvalue weighted by molar-refractivity contribution is 6.01. The van der Waals surface area contributed by atoms with Crippen LogP contribution in [0.1, 0.15) is 23.7 Å². The van der Waals surface area contributed by atoms with Gasteiger partial charge in [0.2, 0.25) is 5.91 Å². The quantitative estimate of drug-likeness (QED) is 0.642. The minimum Gasteiger partial charge on any atom is -0.497 e. The summed E-state index contributed by atoms with van der Waals surface area (Å²) >= 11 is 0. The van der Waals surface area contributed by atoms with E-state index in [1.807, 2.05) is 24.3 Å². The smallest absolute Gasteiger partial charge is 0.275 e. The molecule has 8 nitrogen and oxygen atoms in total. The molecule has 3 aromatic rings. The van der Waals surface area contributed by atoms with E-state index in [-0.39, 0.29) is 18.4 Å². The fourth-order valence-electron chi connectivity index (χ4n) is 4.76. The number of H-pyrrole nitrogens is 1. The standard InChI is InChI=1S/C24H24N4O4/c1-24-22-18(17-6-4-5-7-19(17)26-22)10-11-27(24)21(29)14-28(23(24)30)25-13-15-12-16(31-2)8-9-20(15)32-3/h4-9,12-13,26H,10-11,14H2,1-3H3/t24-/m1/s1.